The maximum absolute atomic E-state index is 11.1. The molecule has 0 bridgehead atoms. The van der Waals surface area contributed by atoms with Crippen LogP contribution in [0, 0.1) is 5.92 Å². The van der Waals surface area contributed by atoms with Gasteiger partial charge in [0.05, 0.1) is 5.56 Å². The number of carbonyl (C=O) groups is 1. The van der Waals surface area contributed by atoms with Crippen LogP contribution < -0.4 is 0 Å². The Bertz CT molecular complexity index is 370. The molecule has 1 atom stereocenters. The van der Waals surface area contributed by atoms with Gasteiger partial charge in [0.25, 0.3) is 0 Å². The summed E-state index contributed by atoms with van der Waals surface area (Å²) in [7, 11) is 0. The number of rotatable bonds is 3. The van der Waals surface area contributed by atoms with Crippen LogP contribution in [-0.2, 0) is 6.42 Å². The van der Waals surface area contributed by atoms with Crippen molar-refractivity contribution in [3.8, 4) is 0 Å². The summed E-state index contributed by atoms with van der Waals surface area (Å²) in [5.41, 5.74) is 1.46. The molecule has 0 amide bonds. The van der Waals surface area contributed by atoms with Crippen LogP contribution in [-0.4, -0.2) is 22.6 Å². The molecule has 16 heavy (non-hydrogen) atoms. The first-order valence-electron chi connectivity index (χ1n) is 5.66. The zero-order chi connectivity index (χ0) is 11.4. The average molecular weight is 236 g/mol. The van der Waals surface area contributed by atoms with Crippen molar-refractivity contribution < 1.29 is 9.90 Å². The molecule has 2 rings (SSSR count). The fraction of sp³-hybridized carbons (Fsp3) is 0.462. The highest BCUT2D eigenvalue weighted by atomic mass is 32.2. The molecule has 3 heteroatoms. The van der Waals surface area contributed by atoms with Gasteiger partial charge in [-0.3, -0.25) is 0 Å². The van der Waals surface area contributed by atoms with E-state index in [1.165, 1.54) is 24.3 Å². The lowest BCUT2D eigenvalue weighted by Gasteiger charge is -2.21. The topological polar surface area (TPSA) is 37.3 Å². The molecule has 0 aromatic heterocycles. The highest BCUT2D eigenvalue weighted by molar-refractivity contribution is 7.99. The minimum Gasteiger partial charge on any atom is -0.478 e. The van der Waals surface area contributed by atoms with Crippen molar-refractivity contribution >= 4 is 17.7 Å². The fourth-order valence-corrected chi connectivity index (χ4v) is 3.34. The van der Waals surface area contributed by atoms with Gasteiger partial charge in [0, 0.05) is 0 Å². The third kappa shape index (κ3) is 2.79. The first kappa shape index (κ1) is 11.5. The highest BCUT2D eigenvalue weighted by Gasteiger charge is 2.17. The summed E-state index contributed by atoms with van der Waals surface area (Å²) in [6.07, 6.45) is 3.42. The molecule has 0 saturated carbocycles. The van der Waals surface area contributed by atoms with Crippen molar-refractivity contribution in [3.63, 3.8) is 0 Å². The van der Waals surface area contributed by atoms with Crippen LogP contribution in [0.2, 0.25) is 0 Å². The van der Waals surface area contributed by atoms with E-state index in [1.807, 2.05) is 23.9 Å². The summed E-state index contributed by atoms with van der Waals surface area (Å²) in [5, 5.41) is 9.09. The Kier molecular flexibility index (Phi) is 3.88. The van der Waals surface area contributed by atoms with E-state index in [2.05, 4.69) is 0 Å². The minimum atomic E-state index is -0.806. The summed E-state index contributed by atoms with van der Waals surface area (Å²) in [6, 6.07) is 7.37. The summed E-state index contributed by atoms with van der Waals surface area (Å²) in [5.74, 6) is 2.28. The SMILES string of the molecule is O=C(O)c1ccccc1CC1CCCSC1. The first-order valence-corrected chi connectivity index (χ1v) is 6.82. The number of aromatic carboxylic acids is 1. The van der Waals surface area contributed by atoms with E-state index in [4.69, 9.17) is 5.11 Å². The zero-order valence-electron chi connectivity index (χ0n) is 9.19. The number of carboxylic acid groups (broad SMARTS) is 1. The van der Waals surface area contributed by atoms with Crippen LogP contribution in [0.4, 0.5) is 0 Å². The second-order valence-corrected chi connectivity index (χ2v) is 5.40. The smallest absolute Gasteiger partial charge is 0.335 e. The summed E-state index contributed by atoms with van der Waals surface area (Å²) in [6.45, 7) is 0. The Labute approximate surface area is 100 Å². The second kappa shape index (κ2) is 5.39. The van der Waals surface area contributed by atoms with Gasteiger partial charge in [-0.2, -0.15) is 11.8 Å². The molecule has 1 unspecified atom stereocenters. The average Bonchev–Trinajstić information content (AvgIpc) is 2.31. The van der Waals surface area contributed by atoms with Gasteiger partial charge in [0.15, 0.2) is 0 Å². The number of benzene rings is 1. The van der Waals surface area contributed by atoms with Gasteiger partial charge in [-0.25, -0.2) is 4.79 Å². The van der Waals surface area contributed by atoms with Gasteiger partial charge in [0.2, 0.25) is 0 Å². The molecule has 1 heterocycles. The molecule has 0 spiro atoms. The molecule has 1 aliphatic heterocycles. The molecule has 1 aromatic carbocycles. The van der Waals surface area contributed by atoms with Crippen molar-refractivity contribution in [3.05, 3.63) is 35.4 Å². The third-order valence-corrected chi connectivity index (χ3v) is 4.30. The molecule has 1 fully saturated rings. The van der Waals surface area contributed by atoms with E-state index in [0.717, 1.165) is 12.0 Å². The van der Waals surface area contributed by atoms with E-state index >= 15 is 0 Å². The van der Waals surface area contributed by atoms with Crippen LogP contribution in [0.1, 0.15) is 28.8 Å². The lowest BCUT2D eigenvalue weighted by Crippen LogP contribution is -2.15. The van der Waals surface area contributed by atoms with E-state index < -0.39 is 5.97 Å². The monoisotopic (exact) mass is 236 g/mol. The van der Waals surface area contributed by atoms with Crippen molar-refractivity contribution in [1.82, 2.24) is 0 Å². The Morgan fingerprint density at radius 3 is 2.94 bits per heavy atom. The quantitative estimate of drug-likeness (QED) is 0.876. The maximum Gasteiger partial charge on any atom is 0.335 e. The van der Waals surface area contributed by atoms with Crippen LogP contribution in [0.25, 0.3) is 0 Å². The lowest BCUT2D eigenvalue weighted by atomic mass is 9.93. The van der Waals surface area contributed by atoms with Crippen LogP contribution in [0.15, 0.2) is 24.3 Å². The second-order valence-electron chi connectivity index (χ2n) is 4.25. The van der Waals surface area contributed by atoms with Crippen molar-refractivity contribution in [2.45, 2.75) is 19.3 Å². The van der Waals surface area contributed by atoms with Crippen molar-refractivity contribution in [2.75, 3.05) is 11.5 Å². The number of hydrogen-bond donors (Lipinski definition) is 1. The number of hydrogen-bond acceptors (Lipinski definition) is 2. The normalized spacial score (nSPS) is 20.6. The van der Waals surface area contributed by atoms with E-state index in [9.17, 15) is 4.79 Å². The minimum absolute atomic E-state index is 0.470. The van der Waals surface area contributed by atoms with E-state index in [1.54, 1.807) is 12.1 Å². The van der Waals surface area contributed by atoms with Crippen molar-refractivity contribution in [1.29, 1.82) is 0 Å². The summed E-state index contributed by atoms with van der Waals surface area (Å²) < 4.78 is 0. The Hall–Kier alpha value is -0.960. The third-order valence-electron chi connectivity index (χ3n) is 3.01. The van der Waals surface area contributed by atoms with Gasteiger partial charge in [0.1, 0.15) is 0 Å². The Balaban J connectivity index is 2.10. The highest BCUT2D eigenvalue weighted by Crippen LogP contribution is 2.26. The zero-order valence-corrected chi connectivity index (χ0v) is 10.0. The summed E-state index contributed by atoms with van der Waals surface area (Å²) in [4.78, 5) is 11.1. The standard InChI is InChI=1S/C13H16O2S/c14-13(15)12-6-2-1-5-11(12)8-10-4-3-7-16-9-10/h1-2,5-6,10H,3-4,7-9H2,(H,14,15). The van der Waals surface area contributed by atoms with E-state index in [0.29, 0.717) is 11.5 Å². The van der Waals surface area contributed by atoms with Crippen LogP contribution in [0.5, 0.6) is 0 Å². The lowest BCUT2D eigenvalue weighted by molar-refractivity contribution is 0.0695. The molecular formula is C13H16O2S. The van der Waals surface area contributed by atoms with Gasteiger partial charge < -0.3 is 5.11 Å². The fourth-order valence-electron chi connectivity index (χ4n) is 2.19. The molecule has 1 N–H and O–H groups in total. The molecule has 0 aliphatic carbocycles. The molecule has 2 nitrogen and oxygen atoms in total. The van der Waals surface area contributed by atoms with Gasteiger partial charge >= 0.3 is 5.97 Å². The van der Waals surface area contributed by atoms with Gasteiger partial charge in [-0.05, 0) is 48.3 Å². The molecule has 86 valence electrons. The largest absolute Gasteiger partial charge is 0.478 e. The summed E-state index contributed by atoms with van der Waals surface area (Å²) >= 11 is 1.99. The van der Waals surface area contributed by atoms with Gasteiger partial charge in [-0.1, -0.05) is 18.2 Å². The molecule has 1 aromatic rings. The van der Waals surface area contributed by atoms with Gasteiger partial charge in [-0.15, -0.1) is 0 Å². The predicted octanol–water partition coefficient (Wildman–Crippen LogP) is 3.07. The number of thioether (sulfide) groups is 1. The first-order chi connectivity index (χ1) is 7.77. The van der Waals surface area contributed by atoms with Crippen LogP contribution in [0.3, 0.4) is 0 Å². The Morgan fingerprint density at radius 1 is 1.44 bits per heavy atom. The van der Waals surface area contributed by atoms with E-state index in [-0.39, 0.29) is 0 Å². The molecule has 0 radical (unpaired) electrons. The molecule has 1 aliphatic rings. The van der Waals surface area contributed by atoms with Crippen LogP contribution >= 0.6 is 11.8 Å². The Morgan fingerprint density at radius 2 is 2.25 bits per heavy atom. The van der Waals surface area contributed by atoms with Crippen molar-refractivity contribution in [2.24, 2.45) is 5.92 Å². The number of carboxylic acids is 1. The maximum atomic E-state index is 11.1. The molecular weight excluding hydrogens is 220 g/mol. The molecule has 1 saturated heterocycles. The predicted molar refractivity (Wildman–Crippen MR) is 67.2 cm³/mol.